The third-order valence-electron chi connectivity index (χ3n) is 5.88. The number of nitrogens with zero attached hydrogens (tertiary/aromatic N) is 1. The van der Waals surface area contributed by atoms with Gasteiger partial charge in [0.1, 0.15) is 6.04 Å². The lowest BCUT2D eigenvalue weighted by molar-refractivity contribution is -0.940. The summed E-state index contributed by atoms with van der Waals surface area (Å²) in [6, 6.07) is -0.754. The molecular weight excluding hydrogens is 328 g/mol. The summed E-state index contributed by atoms with van der Waals surface area (Å²) in [6.07, 6.45) is 3.01. The zero-order valence-corrected chi connectivity index (χ0v) is 14.8. The van der Waals surface area contributed by atoms with Gasteiger partial charge in [-0.1, -0.05) is 6.08 Å². The fourth-order valence-electron chi connectivity index (χ4n) is 4.72. The second-order valence-corrected chi connectivity index (χ2v) is 11.0. The maximum Gasteiger partial charge on any atom is 0.349 e. The van der Waals surface area contributed by atoms with Crippen molar-refractivity contribution in [1.82, 2.24) is 0 Å². The lowest BCUT2D eigenvalue weighted by Gasteiger charge is -2.51. The largest absolute Gasteiger partial charge is 0.349 e. The molecule has 0 aromatic carbocycles. The van der Waals surface area contributed by atoms with Crippen molar-refractivity contribution < 1.29 is 33.2 Å². The van der Waals surface area contributed by atoms with Crippen LogP contribution in [-0.2, 0) is 9.13 Å². The molecule has 1 heterocycles. The third kappa shape index (κ3) is 2.39. The third-order valence-corrected chi connectivity index (χ3v) is 10.4. The molecule has 2 rings (SSSR count). The van der Waals surface area contributed by atoms with E-state index in [-0.39, 0.29) is 22.7 Å². The molecule has 0 aromatic heterocycles. The van der Waals surface area contributed by atoms with Crippen molar-refractivity contribution in [2.45, 2.75) is 37.1 Å². The Morgan fingerprint density at radius 3 is 2.23 bits per heavy atom. The highest BCUT2D eigenvalue weighted by molar-refractivity contribution is 7.72. The van der Waals surface area contributed by atoms with Crippen LogP contribution in [0.3, 0.4) is 0 Å². The van der Waals surface area contributed by atoms with Gasteiger partial charge in [0.25, 0.3) is 0 Å². The summed E-state index contributed by atoms with van der Waals surface area (Å²) in [5, 5.41) is 0. The van der Waals surface area contributed by atoms with Crippen molar-refractivity contribution in [2.24, 2.45) is 11.8 Å². The highest BCUT2D eigenvalue weighted by Gasteiger charge is 2.76. The van der Waals surface area contributed by atoms with Crippen LogP contribution in [0, 0.1) is 11.8 Å². The Kier molecular flexibility index (Phi) is 4.60. The zero-order chi connectivity index (χ0) is 17.0. The molecule has 0 amide bonds. The van der Waals surface area contributed by atoms with Gasteiger partial charge in [0.15, 0.2) is 0 Å². The first-order chi connectivity index (χ1) is 9.94. The Morgan fingerprint density at radius 2 is 1.82 bits per heavy atom. The lowest BCUT2D eigenvalue weighted by Crippen LogP contribution is -2.64. The Balaban J connectivity index is 2.74. The van der Waals surface area contributed by atoms with Crippen LogP contribution in [0.5, 0.6) is 0 Å². The highest BCUT2D eigenvalue weighted by atomic mass is 31.2. The average Bonchev–Trinajstić information content (AvgIpc) is 2.75. The fourth-order valence-corrected chi connectivity index (χ4v) is 8.61. The van der Waals surface area contributed by atoms with E-state index in [1.54, 1.807) is 6.08 Å². The van der Waals surface area contributed by atoms with E-state index >= 15 is 0 Å². The van der Waals surface area contributed by atoms with E-state index in [9.17, 15) is 28.7 Å². The number of likely N-dealkylation sites (tertiary alicyclic amines) is 1. The van der Waals surface area contributed by atoms with Gasteiger partial charge in [0, 0.05) is 5.92 Å². The predicted octanol–water partition coefficient (Wildman–Crippen LogP) is 1.49. The van der Waals surface area contributed by atoms with E-state index < -0.39 is 26.1 Å². The van der Waals surface area contributed by atoms with Crippen LogP contribution in [0.25, 0.3) is 0 Å². The molecule has 128 valence electrons. The summed E-state index contributed by atoms with van der Waals surface area (Å²) in [7, 11) is -8.20. The first-order valence-electron chi connectivity index (χ1n) is 7.52. The summed E-state index contributed by atoms with van der Waals surface area (Å²) in [5.41, 5.74) is 0. The smallest absolute Gasteiger partial charge is 0.323 e. The molecular formula is C13H26NO6P2+. The van der Waals surface area contributed by atoms with Crippen LogP contribution >= 0.6 is 15.2 Å². The van der Waals surface area contributed by atoms with Crippen molar-refractivity contribution >= 4 is 15.2 Å². The van der Waals surface area contributed by atoms with E-state index in [2.05, 4.69) is 6.58 Å². The van der Waals surface area contributed by atoms with Crippen molar-refractivity contribution in [3.63, 3.8) is 0 Å². The molecule has 4 N–H and O–H groups in total. The molecule has 1 aliphatic heterocycles. The van der Waals surface area contributed by atoms with Gasteiger partial charge in [-0.2, -0.15) is 0 Å². The molecule has 7 nitrogen and oxygen atoms in total. The average molecular weight is 354 g/mol. The predicted molar refractivity (Wildman–Crippen MR) is 83.2 cm³/mol. The number of piperidine rings is 1. The van der Waals surface area contributed by atoms with Crippen LogP contribution in [0.2, 0.25) is 0 Å². The fraction of sp³-hybridized carbons (Fsp3) is 0.846. The molecule has 1 aliphatic carbocycles. The van der Waals surface area contributed by atoms with Gasteiger partial charge in [-0.3, -0.25) is 9.13 Å². The van der Waals surface area contributed by atoms with Gasteiger partial charge in [-0.25, -0.2) is 0 Å². The first-order valence-corrected chi connectivity index (χ1v) is 10.7. The van der Waals surface area contributed by atoms with Gasteiger partial charge in [0.05, 0.1) is 20.1 Å². The van der Waals surface area contributed by atoms with Crippen LogP contribution in [0.15, 0.2) is 12.7 Å². The minimum Gasteiger partial charge on any atom is -0.323 e. The van der Waals surface area contributed by atoms with E-state index in [1.165, 1.54) is 0 Å². The zero-order valence-electron chi connectivity index (χ0n) is 13.0. The minimum atomic E-state index is -5.03. The molecule has 4 unspecified atom stereocenters. The first kappa shape index (κ1) is 18.3. The Morgan fingerprint density at radius 1 is 1.27 bits per heavy atom. The summed E-state index contributed by atoms with van der Waals surface area (Å²) in [6.45, 7) is 6.87. The molecule has 1 saturated heterocycles. The number of quaternary nitrogens is 1. The SMILES string of the molecule is C=CC1CC(P(=O)(O)O)(P(=O)(O)O)C2C1CCC[N+]2(C)CC. The number of fused-ring (bicyclic) bond motifs is 1. The normalized spacial score (nSPS) is 38.5. The van der Waals surface area contributed by atoms with Crippen molar-refractivity contribution in [3.05, 3.63) is 12.7 Å². The number of hydrogen-bond donors (Lipinski definition) is 4. The highest BCUT2D eigenvalue weighted by Crippen LogP contribution is 2.78. The van der Waals surface area contributed by atoms with E-state index in [1.807, 2.05) is 14.0 Å². The van der Waals surface area contributed by atoms with Crippen molar-refractivity contribution in [1.29, 1.82) is 0 Å². The summed E-state index contributed by atoms with van der Waals surface area (Å²) in [5.74, 6) is -0.439. The maximum atomic E-state index is 12.3. The van der Waals surface area contributed by atoms with E-state index in [0.29, 0.717) is 13.1 Å². The molecule has 9 heteroatoms. The lowest BCUT2D eigenvalue weighted by atomic mass is 9.84. The van der Waals surface area contributed by atoms with Crippen LogP contribution in [0.1, 0.15) is 26.2 Å². The molecule has 2 fully saturated rings. The Bertz CT molecular complexity index is 533. The molecule has 0 spiro atoms. The minimum absolute atomic E-state index is 0.156. The van der Waals surface area contributed by atoms with Gasteiger partial charge < -0.3 is 24.1 Å². The topological polar surface area (TPSA) is 115 Å². The molecule has 0 aromatic rings. The summed E-state index contributed by atoms with van der Waals surface area (Å²) < 4.78 is 24.8. The van der Waals surface area contributed by atoms with Gasteiger partial charge in [-0.15, -0.1) is 6.58 Å². The molecule has 0 radical (unpaired) electrons. The van der Waals surface area contributed by atoms with Gasteiger partial charge in [-0.05, 0) is 32.1 Å². The summed E-state index contributed by atoms with van der Waals surface area (Å²) in [4.78, 5) is 37.5. The second kappa shape index (κ2) is 5.52. The summed E-state index contributed by atoms with van der Waals surface area (Å²) >= 11 is 0. The number of rotatable bonds is 4. The molecule has 4 atom stereocenters. The quantitative estimate of drug-likeness (QED) is 0.345. The van der Waals surface area contributed by atoms with Crippen LogP contribution in [0.4, 0.5) is 0 Å². The van der Waals surface area contributed by atoms with Crippen molar-refractivity contribution in [3.8, 4) is 0 Å². The monoisotopic (exact) mass is 354 g/mol. The Hall–Kier alpha value is -0.0000000000000000694. The standard InChI is InChI=1S/C13H25NO6P2/c1-4-10-9-13(21(15,16)17,22(18,19)20)12-11(10)7-6-8-14(12,3)5-2/h4,10-12H,1,5-9H2,2-3H3,(H3-,15,16,17,18,19,20)/p+1. The Labute approximate surface area is 130 Å². The maximum absolute atomic E-state index is 12.3. The van der Waals surface area contributed by atoms with Gasteiger partial charge in [0.2, 0.25) is 4.90 Å². The molecule has 22 heavy (non-hydrogen) atoms. The van der Waals surface area contributed by atoms with E-state index in [0.717, 1.165) is 12.8 Å². The van der Waals surface area contributed by atoms with Crippen LogP contribution < -0.4 is 0 Å². The number of hydrogen-bond acceptors (Lipinski definition) is 2. The molecule has 2 aliphatic rings. The second-order valence-electron chi connectivity index (χ2n) is 6.84. The van der Waals surface area contributed by atoms with Crippen LogP contribution in [-0.4, -0.2) is 55.1 Å². The number of allylic oxidation sites excluding steroid dienone is 1. The van der Waals surface area contributed by atoms with E-state index in [4.69, 9.17) is 0 Å². The molecule has 0 bridgehead atoms. The van der Waals surface area contributed by atoms with Gasteiger partial charge >= 0.3 is 15.2 Å². The molecule has 1 saturated carbocycles. The van der Waals surface area contributed by atoms with Crippen molar-refractivity contribution in [2.75, 3.05) is 20.1 Å².